The van der Waals surface area contributed by atoms with Crippen LogP contribution in [0.15, 0.2) is 67.5 Å². The highest BCUT2D eigenvalue weighted by atomic mass is 35.5. The Morgan fingerprint density at radius 3 is 2.53 bits per heavy atom. The van der Waals surface area contributed by atoms with E-state index in [2.05, 4.69) is 47.6 Å². The molecule has 0 radical (unpaired) electrons. The molecule has 66 heavy (non-hydrogen) atoms. The standard InChI is InChI=1S/C48H56ClFN10O6/c1-2-43(61)55-40-27-34-39(52-30-53-46(34)54-31-11-12-37(50)36(49)26-31)28-42(40)66-25-7-18-57-19-15-32(16-20-57)58-21-23-59(24-22-58)45(63)10-4-3-5-17-51-38-9-6-8-33-35(38)29-60(48(33)65)41-13-14-44(62)56-47(41)64/h2,6,8-9,11-12,26-28,30,32,41,51H,1,3-5,7,10,13-25,29H2,(H,55,61)(H,52,53,54)(H,56,62,64). The van der Waals surface area contributed by atoms with E-state index in [-0.39, 0.29) is 35.1 Å². The molecular weight excluding hydrogens is 867 g/mol. The maximum atomic E-state index is 13.8. The van der Waals surface area contributed by atoms with Crippen molar-refractivity contribution in [3.8, 4) is 5.75 Å². The van der Waals surface area contributed by atoms with Gasteiger partial charge in [-0.05, 0) is 94.1 Å². The Morgan fingerprint density at radius 1 is 0.939 bits per heavy atom. The molecule has 4 aromatic rings. The summed E-state index contributed by atoms with van der Waals surface area (Å²) in [6.07, 6.45) is 9.25. The van der Waals surface area contributed by atoms with Gasteiger partial charge >= 0.3 is 0 Å². The summed E-state index contributed by atoms with van der Waals surface area (Å²) < 4.78 is 20.0. The monoisotopic (exact) mass is 922 g/mol. The van der Waals surface area contributed by atoms with E-state index >= 15 is 0 Å². The number of benzene rings is 3. The van der Waals surface area contributed by atoms with Gasteiger partial charge in [-0.25, -0.2) is 14.4 Å². The number of anilines is 4. The number of carbonyl (C=O) groups excluding carboxylic acids is 5. The summed E-state index contributed by atoms with van der Waals surface area (Å²) in [5, 5.41) is 12.4. The molecule has 1 unspecified atom stereocenters. The normalized spacial score (nSPS) is 18.3. The summed E-state index contributed by atoms with van der Waals surface area (Å²) in [6.45, 7) is 11.2. The topological polar surface area (TPSA) is 181 Å². The Morgan fingerprint density at radius 2 is 1.76 bits per heavy atom. The maximum absolute atomic E-state index is 13.8. The minimum Gasteiger partial charge on any atom is -0.491 e. The van der Waals surface area contributed by atoms with E-state index in [0.717, 1.165) is 95.6 Å². The van der Waals surface area contributed by atoms with Crippen molar-refractivity contribution in [3.63, 3.8) is 0 Å². The van der Waals surface area contributed by atoms with Crippen LogP contribution in [0.25, 0.3) is 10.9 Å². The van der Waals surface area contributed by atoms with Crippen LogP contribution in [0.4, 0.5) is 27.3 Å². The van der Waals surface area contributed by atoms with Crippen LogP contribution in [0.3, 0.4) is 0 Å². The molecule has 4 aliphatic heterocycles. The van der Waals surface area contributed by atoms with E-state index in [9.17, 15) is 28.4 Å². The van der Waals surface area contributed by atoms with Crippen molar-refractivity contribution in [2.24, 2.45) is 0 Å². The number of unbranched alkanes of at least 4 members (excludes halogenated alkanes) is 2. The molecule has 348 valence electrons. The zero-order valence-corrected chi connectivity index (χ0v) is 37.7. The maximum Gasteiger partial charge on any atom is 0.255 e. The van der Waals surface area contributed by atoms with Crippen LogP contribution in [0.1, 0.15) is 73.7 Å². The third-order valence-electron chi connectivity index (χ3n) is 12.9. The van der Waals surface area contributed by atoms with Gasteiger partial charge < -0.3 is 35.4 Å². The average molecular weight is 923 g/mol. The first-order valence-electron chi connectivity index (χ1n) is 22.9. The van der Waals surface area contributed by atoms with E-state index in [0.29, 0.717) is 78.0 Å². The smallest absolute Gasteiger partial charge is 0.255 e. The summed E-state index contributed by atoms with van der Waals surface area (Å²) >= 11 is 5.99. The highest BCUT2D eigenvalue weighted by Gasteiger charge is 2.40. The fraction of sp³-hybridized carbons (Fsp3) is 0.438. The Hall–Kier alpha value is -6.17. The van der Waals surface area contributed by atoms with Gasteiger partial charge in [-0.15, -0.1) is 0 Å². The summed E-state index contributed by atoms with van der Waals surface area (Å²) in [6, 6.07) is 13.2. The van der Waals surface area contributed by atoms with E-state index in [1.54, 1.807) is 29.2 Å². The van der Waals surface area contributed by atoms with Gasteiger partial charge in [0, 0.05) is 98.7 Å². The number of nitrogens with one attached hydrogen (secondary N) is 4. The van der Waals surface area contributed by atoms with Crippen LogP contribution in [0, 0.1) is 5.82 Å². The molecule has 8 rings (SSSR count). The van der Waals surface area contributed by atoms with Crippen LogP contribution < -0.4 is 26.0 Å². The molecule has 3 aromatic carbocycles. The zero-order valence-electron chi connectivity index (χ0n) is 37.0. The molecule has 4 N–H and O–H groups in total. The number of rotatable bonds is 18. The lowest BCUT2D eigenvalue weighted by Crippen LogP contribution is -2.54. The first kappa shape index (κ1) is 46.4. The van der Waals surface area contributed by atoms with Crippen LogP contribution in [-0.4, -0.2) is 130 Å². The highest BCUT2D eigenvalue weighted by Crippen LogP contribution is 2.35. The molecule has 1 atom stereocenters. The molecule has 5 amide bonds. The number of hydrogen-bond donors (Lipinski definition) is 4. The number of piperazine rings is 1. The van der Waals surface area contributed by atoms with Gasteiger partial charge in [0.05, 0.1) is 22.8 Å². The van der Waals surface area contributed by atoms with Crippen molar-refractivity contribution in [2.45, 2.75) is 76.4 Å². The first-order valence-corrected chi connectivity index (χ1v) is 23.2. The average Bonchev–Trinajstić information content (AvgIpc) is 3.66. The molecule has 1 aromatic heterocycles. The molecule has 3 fully saturated rings. The number of aromatic nitrogens is 2. The van der Waals surface area contributed by atoms with Crippen molar-refractivity contribution in [1.29, 1.82) is 0 Å². The minimum atomic E-state index is -0.642. The summed E-state index contributed by atoms with van der Waals surface area (Å²) in [7, 11) is 0. The number of halogens is 2. The molecule has 0 saturated carbocycles. The van der Waals surface area contributed by atoms with E-state index < -0.39 is 17.8 Å². The van der Waals surface area contributed by atoms with Gasteiger partial charge in [0.15, 0.2) is 0 Å². The third-order valence-corrected chi connectivity index (χ3v) is 13.2. The van der Waals surface area contributed by atoms with Gasteiger partial charge in [-0.3, -0.25) is 34.2 Å². The van der Waals surface area contributed by atoms with Crippen molar-refractivity contribution < 1.29 is 33.1 Å². The number of piperidine rings is 2. The molecule has 0 bridgehead atoms. The fourth-order valence-corrected chi connectivity index (χ4v) is 9.50. The number of likely N-dealkylation sites (tertiary alicyclic amines) is 1. The van der Waals surface area contributed by atoms with Crippen LogP contribution in [0.2, 0.25) is 5.02 Å². The molecule has 3 saturated heterocycles. The van der Waals surface area contributed by atoms with Crippen LogP contribution in [-0.2, 0) is 25.7 Å². The molecule has 0 aliphatic carbocycles. The van der Waals surface area contributed by atoms with Crippen molar-refractivity contribution >= 4 is 74.9 Å². The second-order valence-electron chi connectivity index (χ2n) is 17.2. The van der Waals surface area contributed by atoms with Crippen molar-refractivity contribution in [2.75, 3.05) is 74.9 Å². The van der Waals surface area contributed by atoms with Crippen LogP contribution in [0.5, 0.6) is 5.75 Å². The highest BCUT2D eigenvalue weighted by molar-refractivity contribution is 6.31. The minimum absolute atomic E-state index is 0.0213. The first-order chi connectivity index (χ1) is 32.0. The Kier molecular flexibility index (Phi) is 15.0. The number of fused-ring (bicyclic) bond motifs is 2. The van der Waals surface area contributed by atoms with Crippen molar-refractivity contribution in [3.05, 3.63) is 89.5 Å². The lowest BCUT2D eigenvalue weighted by Gasteiger charge is -2.42. The number of hydrogen-bond acceptors (Lipinski definition) is 12. The zero-order chi connectivity index (χ0) is 46.2. The Labute approximate surface area is 388 Å². The summed E-state index contributed by atoms with van der Waals surface area (Å²) in [4.78, 5) is 80.1. The predicted molar refractivity (Wildman–Crippen MR) is 250 cm³/mol. The van der Waals surface area contributed by atoms with Gasteiger partial charge in [0.2, 0.25) is 23.6 Å². The van der Waals surface area contributed by atoms with E-state index in [4.69, 9.17) is 16.3 Å². The number of carbonyl (C=O) groups is 5. The van der Waals surface area contributed by atoms with Gasteiger partial charge in [-0.1, -0.05) is 30.7 Å². The Bertz CT molecular complexity index is 2480. The molecule has 18 heteroatoms. The number of imide groups is 1. The van der Waals surface area contributed by atoms with E-state index in [1.165, 1.54) is 24.5 Å². The second-order valence-corrected chi connectivity index (χ2v) is 17.6. The quantitative estimate of drug-likeness (QED) is 0.0513. The van der Waals surface area contributed by atoms with Crippen LogP contribution >= 0.6 is 11.6 Å². The van der Waals surface area contributed by atoms with Gasteiger partial charge in [-0.2, -0.15) is 0 Å². The Balaban J connectivity index is 0.715. The number of nitrogens with zero attached hydrogens (tertiary/aromatic N) is 6. The van der Waals surface area contributed by atoms with Gasteiger partial charge in [0.1, 0.15) is 29.8 Å². The summed E-state index contributed by atoms with van der Waals surface area (Å²) in [5.41, 5.74) is 3.93. The predicted octanol–water partition coefficient (Wildman–Crippen LogP) is 6.10. The molecule has 16 nitrogen and oxygen atoms in total. The van der Waals surface area contributed by atoms with E-state index in [1.807, 2.05) is 17.0 Å². The molecule has 0 spiro atoms. The SMILES string of the molecule is C=CC(=O)Nc1cc2c(Nc3ccc(F)c(Cl)c3)ncnc2cc1OCCCN1CCC(N2CCN(C(=O)CCCCCNc3cccc4c3CN(C3CCC(=O)NC3=O)C4=O)CC2)CC1. The largest absolute Gasteiger partial charge is 0.491 e. The lowest BCUT2D eigenvalue weighted by atomic mass is 10.0. The summed E-state index contributed by atoms with van der Waals surface area (Å²) in [5.74, 6) is -0.668. The fourth-order valence-electron chi connectivity index (χ4n) is 9.32. The molecule has 5 heterocycles. The molecular formula is C48H56ClFN10O6. The third kappa shape index (κ3) is 11.1. The second kappa shape index (κ2) is 21.4. The number of ether oxygens (including phenoxy) is 1. The van der Waals surface area contributed by atoms with Crippen molar-refractivity contribution in [1.82, 2.24) is 34.9 Å². The molecule has 4 aliphatic rings. The number of amides is 5. The van der Waals surface area contributed by atoms with Gasteiger partial charge in [0.25, 0.3) is 5.91 Å². The lowest BCUT2D eigenvalue weighted by molar-refractivity contribution is -0.137.